The molecule has 0 spiro atoms. The van der Waals surface area contributed by atoms with Gasteiger partial charge in [-0.1, -0.05) is 74.0 Å². The molecule has 1 aliphatic carbocycles. The maximum Gasteiger partial charge on any atom is 0.416 e. The second kappa shape index (κ2) is 15.5. The van der Waals surface area contributed by atoms with E-state index in [1.807, 2.05) is 0 Å². The lowest BCUT2D eigenvalue weighted by molar-refractivity contribution is -0.138. The normalized spacial score (nSPS) is 18.5. The molecule has 3 aromatic carbocycles. The van der Waals surface area contributed by atoms with Crippen LogP contribution in [0.4, 0.5) is 17.6 Å². The van der Waals surface area contributed by atoms with Gasteiger partial charge in [0, 0.05) is 44.7 Å². The summed E-state index contributed by atoms with van der Waals surface area (Å²) < 4.78 is 187. The Hall–Kier alpha value is -3.96. The molecule has 0 aliphatic heterocycles. The molecular weight excluding hydrogens is 640 g/mol. The highest BCUT2D eigenvalue weighted by molar-refractivity contribution is 7.98. The summed E-state index contributed by atoms with van der Waals surface area (Å²) in [6, 6.07) is -3.58. The first-order chi connectivity index (χ1) is 28.8. The Morgan fingerprint density at radius 3 is 2.40 bits per heavy atom. The second-order valence-electron chi connectivity index (χ2n) is 10.5. The quantitative estimate of drug-likeness (QED) is 0.0823. The molecule has 1 heterocycles. The molecule has 254 valence electrons. The Balaban J connectivity index is 1.73. The van der Waals surface area contributed by atoms with Crippen LogP contribution in [-0.4, -0.2) is 51.3 Å². The molecule has 0 radical (unpaired) electrons. The number of fused-ring (bicyclic) bond motifs is 1. The van der Waals surface area contributed by atoms with Crippen molar-refractivity contribution in [3.8, 4) is 11.1 Å². The van der Waals surface area contributed by atoms with Gasteiger partial charge in [-0.25, -0.2) is 4.39 Å². The largest absolute Gasteiger partial charge is 0.416 e. The molecule has 48 heavy (non-hydrogen) atoms. The zero-order chi connectivity index (χ0) is 47.7. The number of hydrogen-bond donors (Lipinski definition) is 0. The topological polar surface area (TPSA) is 58.4 Å². The summed E-state index contributed by atoms with van der Waals surface area (Å²) in [5.41, 5.74) is -7.80. The Labute approximate surface area is 303 Å². The minimum atomic E-state index is -5.17. The molecule has 0 N–H and O–H groups in total. The van der Waals surface area contributed by atoms with Crippen molar-refractivity contribution in [1.29, 1.82) is 0 Å². The first kappa shape index (κ1) is 20.5. The van der Waals surface area contributed by atoms with Crippen LogP contribution in [0.2, 0.25) is 0 Å². The molecule has 0 atom stereocenters. The maximum absolute atomic E-state index is 14.8. The first-order valence-corrected chi connectivity index (χ1v) is 15.6. The Morgan fingerprint density at radius 2 is 1.73 bits per heavy atom. The van der Waals surface area contributed by atoms with Crippen molar-refractivity contribution in [3.63, 3.8) is 0 Å². The number of nitrogens with zero attached hydrogens (tertiary/aromatic N) is 4. The van der Waals surface area contributed by atoms with Gasteiger partial charge in [0.05, 0.1) is 17.9 Å². The van der Waals surface area contributed by atoms with Crippen LogP contribution in [0, 0.1) is 12.7 Å². The minimum Gasteiger partial charge on any atom is -0.336 e. The second-order valence-corrected chi connectivity index (χ2v) is 11.3. The van der Waals surface area contributed by atoms with Gasteiger partial charge in [0.15, 0.2) is 5.16 Å². The number of carbonyl (C=O) groups is 1. The molecule has 0 bridgehead atoms. The number of aromatic nitrogens is 2. The molecule has 1 amide bonds. The van der Waals surface area contributed by atoms with Crippen LogP contribution < -0.4 is 5.56 Å². The number of benzene rings is 3. The number of alkyl halides is 3. The van der Waals surface area contributed by atoms with E-state index in [1.165, 1.54) is 6.92 Å². The van der Waals surface area contributed by atoms with E-state index in [0.29, 0.717) is 23.1 Å². The third kappa shape index (κ3) is 8.54. The van der Waals surface area contributed by atoms with Crippen LogP contribution in [0.25, 0.3) is 11.1 Å². The third-order valence-electron chi connectivity index (χ3n) is 7.33. The Bertz CT molecular complexity index is 2480. The summed E-state index contributed by atoms with van der Waals surface area (Å²) in [6.45, 7) is -9.34. The van der Waals surface area contributed by atoms with E-state index < -0.39 is 144 Å². The van der Waals surface area contributed by atoms with E-state index >= 15 is 0 Å². The lowest BCUT2D eigenvalue weighted by atomic mass is 9.98. The van der Waals surface area contributed by atoms with Crippen LogP contribution in [0.15, 0.2) is 76.5 Å². The van der Waals surface area contributed by atoms with E-state index in [2.05, 4.69) is 4.98 Å². The van der Waals surface area contributed by atoms with Crippen LogP contribution in [0.3, 0.4) is 0 Å². The molecular formula is C37H40F4N4O2S. The Morgan fingerprint density at radius 1 is 1.02 bits per heavy atom. The number of amides is 1. The lowest BCUT2D eigenvalue weighted by Crippen LogP contribution is -2.40. The van der Waals surface area contributed by atoms with Crippen molar-refractivity contribution in [2.75, 3.05) is 26.0 Å². The average Bonchev–Trinajstić information content (AvgIpc) is 3.66. The fourth-order valence-corrected chi connectivity index (χ4v) is 5.64. The van der Waals surface area contributed by atoms with Crippen molar-refractivity contribution in [1.82, 2.24) is 19.4 Å². The average molecular weight is 696 g/mol. The SMILES string of the molecule is [2H]c1c([2H])c(-c2c([2H])c([2H])c(C(F)(F)F)c(C)c2[2H])c([2H])c([2H])c1CN(C(=O)Cn1c(SC([2H])([2H])c2ccc(F)cc2)nc(=O)c2c1CCC2)C([2H])([2H])C([2H])([2H])N(CC)C([2H])([2H])C. The number of likely N-dealkylation sites (N-methyl/N-ethyl adjacent to an activating group) is 1. The van der Waals surface area contributed by atoms with Crippen molar-refractivity contribution < 1.29 is 42.9 Å². The fraction of sp³-hybridized carbons (Fsp3) is 0.378. The van der Waals surface area contributed by atoms with Gasteiger partial charge in [-0.15, -0.1) is 0 Å². The van der Waals surface area contributed by atoms with Crippen molar-refractivity contribution in [3.05, 3.63) is 116 Å². The molecule has 6 nitrogen and oxygen atoms in total. The molecule has 1 aromatic heterocycles. The van der Waals surface area contributed by atoms with Gasteiger partial charge in [-0.3, -0.25) is 9.59 Å². The molecule has 0 unspecified atom stereocenters. The van der Waals surface area contributed by atoms with Gasteiger partial charge in [-0.05, 0) is 85.2 Å². The molecule has 0 saturated heterocycles. The number of thioether (sulfide) groups is 1. The van der Waals surface area contributed by atoms with Crippen molar-refractivity contribution >= 4 is 17.7 Å². The third-order valence-corrected chi connectivity index (χ3v) is 8.16. The highest BCUT2D eigenvalue weighted by Gasteiger charge is 2.32. The van der Waals surface area contributed by atoms with E-state index in [0.717, 1.165) is 42.7 Å². The van der Waals surface area contributed by atoms with Crippen molar-refractivity contribution in [2.45, 2.75) is 70.2 Å². The Kier molecular flexibility index (Phi) is 6.63. The van der Waals surface area contributed by atoms with Crippen LogP contribution >= 0.6 is 11.8 Å². The van der Waals surface area contributed by atoms with Gasteiger partial charge in [-0.2, -0.15) is 18.2 Å². The molecule has 0 saturated carbocycles. The minimum absolute atomic E-state index is 0.0616. The smallest absolute Gasteiger partial charge is 0.336 e. The highest BCUT2D eigenvalue weighted by atomic mass is 32.2. The summed E-state index contributed by atoms with van der Waals surface area (Å²) in [7, 11) is 0. The number of halogens is 4. The zero-order valence-corrected chi connectivity index (χ0v) is 26.9. The summed E-state index contributed by atoms with van der Waals surface area (Å²) in [5, 5.41) is -0.390. The van der Waals surface area contributed by atoms with E-state index in [1.54, 1.807) is 0 Å². The number of carbonyl (C=O) groups excluding carboxylic acids is 1. The van der Waals surface area contributed by atoms with Crippen LogP contribution in [0.5, 0.6) is 0 Å². The van der Waals surface area contributed by atoms with E-state index in [9.17, 15) is 29.9 Å². The van der Waals surface area contributed by atoms with E-state index in [-0.39, 0.29) is 34.6 Å². The zero-order valence-electron chi connectivity index (χ0n) is 41.1. The van der Waals surface area contributed by atoms with Crippen molar-refractivity contribution in [2.24, 2.45) is 0 Å². The van der Waals surface area contributed by atoms with Gasteiger partial charge in [0.1, 0.15) is 12.4 Å². The van der Waals surface area contributed by atoms with Crippen LogP contribution in [-0.2, 0) is 42.6 Å². The first-order valence-electron chi connectivity index (χ1n) is 22.3. The van der Waals surface area contributed by atoms with Gasteiger partial charge in [0.25, 0.3) is 5.56 Å². The molecule has 4 aromatic rings. The van der Waals surface area contributed by atoms with E-state index in [4.69, 9.17) is 17.8 Å². The standard InChI is InChI=1S/C37H40F4N4O2S/c1-4-43(5-2)19-20-44(22-26-9-13-28(14-10-26)29-15-18-32(25(3)21-29)37(39,40)41)34(46)23-45-33-8-6-7-31(33)35(47)42-36(45)48-24-27-11-16-30(38)17-12-27/h9-18,21H,4-8,19-20,22-24H2,1-3H3/i4D2,9D,10D,13D,14D,15D,18D,19D2,20D2,21D,24D2. The maximum atomic E-state index is 14.8. The summed E-state index contributed by atoms with van der Waals surface area (Å²) in [6.07, 6.45) is -4.43. The molecule has 5 rings (SSSR count). The predicted molar refractivity (Wildman–Crippen MR) is 181 cm³/mol. The van der Waals surface area contributed by atoms with Gasteiger partial charge < -0.3 is 14.4 Å². The summed E-state index contributed by atoms with van der Waals surface area (Å²) in [4.78, 5) is 32.7. The van der Waals surface area contributed by atoms with Gasteiger partial charge >= 0.3 is 6.18 Å². The predicted octanol–water partition coefficient (Wildman–Crippen LogP) is 7.53. The van der Waals surface area contributed by atoms with Crippen LogP contribution in [0.1, 0.15) is 74.3 Å². The summed E-state index contributed by atoms with van der Waals surface area (Å²) in [5.74, 6) is -2.03. The number of rotatable bonds is 13. The van der Waals surface area contributed by atoms with Gasteiger partial charge in [0.2, 0.25) is 5.91 Å². The molecule has 1 aliphatic rings. The molecule has 0 fully saturated rings. The fourth-order valence-electron chi connectivity index (χ4n) is 4.88. The summed E-state index contributed by atoms with van der Waals surface area (Å²) >= 11 is 0.359. The number of hydrogen-bond acceptors (Lipinski definition) is 5. The molecule has 11 heteroatoms. The lowest BCUT2D eigenvalue weighted by Gasteiger charge is -2.28. The highest BCUT2D eigenvalue weighted by Crippen LogP contribution is 2.34. The monoisotopic (exact) mass is 695 g/mol.